The van der Waals surface area contributed by atoms with Crippen LogP contribution in [0.3, 0.4) is 0 Å². The molecule has 2 aromatic carbocycles. The molecule has 0 aliphatic carbocycles. The van der Waals surface area contributed by atoms with E-state index in [1.807, 2.05) is 45.9 Å². The molecule has 6 rings (SSSR count). The zero-order chi connectivity index (χ0) is 28.4. The molecule has 4 heterocycles. The van der Waals surface area contributed by atoms with Gasteiger partial charge in [0.15, 0.2) is 5.82 Å². The van der Waals surface area contributed by atoms with Crippen LogP contribution in [0, 0.1) is 5.82 Å². The van der Waals surface area contributed by atoms with Crippen molar-refractivity contribution >= 4 is 37.8 Å². The van der Waals surface area contributed by atoms with Gasteiger partial charge in [-0.15, -0.1) is 0 Å². The zero-order valence-corrected chi connectivity index (χ0v) is 23.8. The highest BCUT2D eigenvalue weighted by molar-refractivity contribution is 7.90. The number of rotatable bonds is 9. The van der Waals surface area contributed by atoms with Gasteiger partial charge in [-0.25, -0.2) is 22.3 Å². The Labute approximate surface area is 238 Å². The van der Waals surface area contributed by atoms with Crippen LogP contribution in [0.4, 0.5) is 15.9 Å². The number of hydrogen-bond donors (Lipinski definition) is 1. The van der Waals surface area contributed by atoms with Gasteiger partial charge in [-0.05, 0) is 67.0 Å². The monoisotopic (exact) mass is 576 g/mol. The van der Waals surface area contributed by atoms with Crippen molar-refractivity contribution in [3.05, 3.63) is 84.2 Å². The van der Waals surface area contributed by atoms with E-state index in [0.717, 1.165) is 78.2 Å². The fourth-order valence-electron chi connectivity index (χ4n) is 5.42. The molecule has 214 valence electrons. The zero-order valence-electron chi connectivity index (χ0n) is 22.9. The first-order valence-corrected chi connectivity index (χ1v) is 15.8. The van der Waals surface area contributed by atoms with Crippen LogP contribution < -0.4 is 5.32 Å². The van der Waals surface area contributed by atoms with E-state index in [2.05, 4.69) is 36.4 Å². The number of benzene rings is 2. The molecule has 10 nitrogen and oxygen atoms in total. The van der Waals surface area contributed by atoms with Gasteiger partial charge in [0, 0.05) is 49.7 Å². The molecule has 41 heavy (non-hydrogen) atoms. The first-order valence-electron chi connectivity index (χ1n) is 13.7. The van der Waals surface area contributed by atoms with Gasteiger partial charge >= 0.3 is 0 Å². The third-order valence-electron chi connectivity index (χ3n) is 7.52. The van der Waals surface area contributed by atoms with Crippen LogP contribution in [-0.2, 0) is 22.9 Å². The minimum atomic E-state index is -2.97. The number of halogens is 1. The summed E-state index contributed by atoms with van der Waals surface area (Å²) < 4.78 is 40.5. The lowest BCUT2D eigenvalue weighted by molar-refractivity contribution is 0.258. The topological polar surface area (TPSA) is 101 Å². The van der Waals surface area contributed by atoms with Gasteiger partial charge in [0.2, 0.25) is 0 Å². The van der Waals surface area contributed by atoms with Gasteiger partial charge in [-0.2, -0.15) is 10.2 Å². The van der Waals surface area contributed by atoms with Crippen molar-refractivity contribution < 1.29 is 12.8 Å². The Bertz CT molecular complexity index is 1780. The van der Waals surface area contributed by atoms with Gasteiger partial charge in [0.25, 0.3) is 0 Å². The molecular formula is C29H33FN8O2S. The molecule has 0 atom stereocenters. The summed E-state index contributed by atoms with van der Waals surface area (Å²) in [6.45, 7) is 5.38. The van der Waals surface area contributed by atoms with Crippen LogP contribution >= 0.6 is 0 Å². The third-order valence-corrected chi connectivity index (χ3v) is 8.44. The Morgan fingerprint density at radius 3 is 2.68 bits per heavy atom. The highest BCUT2D eigenvalue weighted by atomic mass is 32.2. The average Bonchev–Trinajstić information content (AvgIpc) is 3.45. The second-order valence-electron chi connectivity index (χ2n) is 10.7. The molecule has 1 fully saturated rings. The first-order chi connectivity index (χ1) is 19.8. The number of hydrogen-bond acceptors (Lipinski definition) is 8. The first kappa shape index (κ1) is 27.3. The molecule has 3 aromatic heterocycles. The van der Waals surface area contributed by atoms with E-state index in [0.29, 0.717) is 13.1 Å². The standard InChI is InChI=1S/C29H33FN8O2S/c1-41(39,40)15-14-35-9-3-10-36(13-12-35)20-23-8-11-37-28(23)29(31-21-33-37)34-26-6-7-27-24(17-26)18-32-38(27)19-22-4-2-5-25(30)16-22/h2,4-8,11,16-18,21H,3,9-10,12-15,19-20H2,1H3,(H,31,33,34). The van der Waals surface area contributed by atoms with Crippen molar-refractivity contribution in [3.8, 4) is 0 Å². The second kappa shape index (κ2) is 11.6. The summed E-state index contributed by atoms with van der Waals surface area (Å²) in [7, 11) is -2.97. The number of anilines is 2. The molecule has 1 saturated heterocycles. The maximum Gasteiger partial charge on any atom is 0.158 e. The molecule has 5 aromatic rings. The molecule has 1 N–H and O–H groups in total. The van der Waals surface area contributed by atoms with E-state index in [9.17, 15) is 12.8 Å². The molecule has 12 heteroatoms. The highest BCUT2D eigenvalue weighted by Crippen LogP contribution is 2.27. The molecule has 0 bridgehead atoms. The molecule has 1 aliphatic rings. The fourth-order valence-corrected chi connectivity index (χ4v) is 6.00. The summed E-state index contributed by atoms with van der Waals surface area (Å²) in [5.74, 6) is 0.660. The number of fused-ring (bicyclic) bond motifs is 2. The van der Waals surface area contributed by atoms with Gasteiger partial charge in [0.05, 0.1) is 24.0 Å². The normalized spacial score (nSPS) is 15.5. The molecule has 1 aliphatic heterocycles. The summed E-state index contributed by atoms with van der Waals surface area (Å²) in [6, 6.07) is 14.7. The van der Waals surface area contributed by atoms with Crippen LogP contribution in [0.5, 0.6) is 0 Å². The summed E-state index contributed by atoms with van der Waals surface area (Å²) in [6.07, 6.45) is 7.59. The van der Waals surface area contributed by atoms with Crippen molar-refractivity contribution in [2.45, 2.75) is 19.5 Å². The number of nitrogens with one attached hydrogen (secondary N) is 1. The molecule has 0 saturated carbocycles. The van der Waals surface area contributed by atoms with Gasteiger partial charge < -0.3 is 10.2 Å². The largest absolute Gasteiger partial charge is 0.338 e. The number of sulfone groups is 1. The lowest BCUT2D eigenvalue weighted by Gasteiger charge is -2.21. The highest BCUT2D eigenvalue weighted by Gasteiger charge is 2.19. The van der Waals surface area contributed by atoms with Crippen LogP contribution in [0.1, 0.15) is 17.5 Å². The predicted octanol–water partition coefficient (Wildman–Crippen LogP) is 3.56. The molecule has 0 radical (unpaired) electrons. The Hall–Kier alpha value is -3.87. The molecule has 0 spiro atoms. The average molecular weight is 577 g/mol. The van der Waals surface area contributed by atoms with E-state index >= 15 is 0 Å². The van der Waals surface area contributed by atoms with Crippen LogP contribution in [0.15, 0.2) is 67.3 Å². The summed E-state index contributed by atoms with van der Waals surface area (Å²) in [4.78, 5) is 9.22. The lowest BCUT2D eigenvalue weighted by atomic mass is 10.2. The fraction of sp³-hybridized carbons (Fsp3) is 0.345. The smallest absolute Gasteiger partial charge is 0.158 e. The lowest BCUT2D eigenvalue weighted by Crippen LogP contribution is -2.33. The van der Waals surface area contributed by atoms with Crippen molar-refractivity contribution in [3.63, 3.8) is 0 Å². The Balaban J connectivity index is 1.17. The Morgan fingerprint density at radius 2 is 1.83 bits per heavy atom. The quantitative estimate of drug-likeness (QED) is 0.284. The number of aromatic nitrogens is 5. The van der Waals surface area contributed by atoms with E-state index in [1.54, 1.807) is 12.4 Å². The van der Waals surface area contributed by atoms with Gasteiger partial charge in [-0.1, -0.05) is 12.1 Å². The summed E-state index contributed by atoms with van der Waals surface area (Å²) in [5.41, 5.74) is 4.75. The third kappa shape index (κ3) is 6.55. The van der Waals surface area contributed by atoms with Crippen molar-refractivity contribution in [1.29, 1.82) is 0 Å². The second-order valence-corrected chi connectivity index (χ2v) is 12.9. The minimum absolute atomic E-state index is 0.198. The van der Waals surface area contributed by atoms with Gasteiger partial charge in [0.1, 0.15) is 27.5 Å². The van der Waals surface area contributed by atoms with E-state index in [-0.39, 0.29) is 11.6 Å². The van der Waals surface area contributed by atoms with Crippen molar-refractivity contribution in [2.75, 3.05) is 50.0 Å². The SMILES string of the molecule is CS(=O)(=O)CCN1CCCN(Cc2ccn3ncnc(Nc4ccc5c(cnn5Cc5cccc(F)c5)c4)c23)CC1. The van der Waals surface area contributed by atoms with Crippen LogP contribution in [0.2, 0.25) is 0 Å². The number of nitrogens with zero attached hydrogens (tertiary/aromatic N) is 7. The Morgan fingerprint density at radius 1 is 0.976 bits per heavy atom. The van der Waals surface area contributed by atoms with Crippen LogP contribution in [0.25, 0.3) is 16.4 Å². The molecule has 0 amide bonds. The molecule has 0 unspecified atom stereocenters. The van der Waals surface area contributed by atoms with E-state index in [1.165, 1.54) is 18.4 Å². The minimum Gasteiger partial charge on any atom is -0.338 e. The maximum atomic E-state index is 13.6. The predicted molar refractivity (Wildman–Crippen MR) is 158 cm³/mol. The maximum absolute atomic E-state index is 13.6. The van der Waals surface area contributed by atoms with Gasteiger partial charge in [-0.3, -0.25) is 9.58 Å². The van der Waals surface area contributed by atoms with E-state index in [4.69, 9.17) is 0 Å². The summed E-state index contributed by atoms with van der Waals surface area (Å²) >= 11 is 0. The summed E-state index contributed by atoms with van der Waals surface area (Å²) in [5, 5.41) is 13.4. The van der Waals surface area contributed by atoms with Crippen molar-refractivity contribution in [1.82, 2.24) is 34.2 Å². The molecular weight excluding hydrogens is 543 g/mol. The Kier molecular flexibility index (Phi) is 7.69. The van der Waals surface area contributed by atoms with E-state index < -0.39 is 9.84 Å². The van der Waals surface area contributed by atoms with Crippen molar-refractivity contribution in [2.24, 2.45) is 0 Å². The van der Waals surface area contributed by atoms with Crippen LogP contribution in [-0.4, -0.2) is 87.3 Å².